The number of aromatic nitrogens is 2. The van der Waals surface area contributed by atoms with E-state index in [2.05, 4.69) is 9.97 Å². The molecular formula is C14H12Cl2N2O3S. The van der Waals surface area contributed by atoms with Gasteiger partial charge in [-0.05, 0) is 26.0 Å². The number of ether oxygens (including phenoxy) is 1. The Morgan fingerprint density at radius 1 is 1.41 bits per heavy atom. The molecule has 2 rings (SSSR count). The topological polar surface area (TPSA) is 72.0 Å². The summed E-state index contributed by atoms with van der Waals surface area (Å²) in [4.78, 5) is 30.9. The Labute approximate surface area is 141 Å². The zero-order valence-electron chi connectivity index (χ0n) is 11.8. The fourth-order valence-electron chi connectivity index (χ4n) is 1.62. The number of nitrogens with zero attached hydrogens (tertiary/aromatic N) is 1. The molecule has 1 aromatic heterocycles. The lowest BCUT2D eigenvalue weighted by atomic mass is 10.4. The minimum atomic E-state index is -0.761. The summed E-state index contributed by atoms with van der Waals surface area (Å²) in [5.41, 5.74) is -0.343. The van der Waals surface area contributed by atoms with Crippen LogP contribution in [-0.2, 0) is 4.74 Å². The first-order valence-corrected chi connectivity index (χ1v) is 7.91. The minimum absolute atomic E-state index is 0.163. The number of carbonyl (C=O) groups is 1. The molecular weight excluding hydrogens is 347 g/mol. The number of aromatic amines is 1. The summed E-state index contributed by atoms with van der Waals surface area (Å²) in [6.45, 7) is 3.50. The molecule has 8 heteroatoms. The van der Waals surface area contributed by atoms with Crippen molar-refractivity contribution in [2.45, 2.75) is 23.8 Å². The van der Waals surface area contributed by atoms with Crippen molar-refractivity contribution in [3.05, 3.63) is 50.0 Å². The lowest BCUT2D eigenvalue weighted by Crippen LogP contribution is -2.23. The monoisotopic (exact) mass is 358 g/mol. The zero-order chi connectivity index (χ0) is 16.3. The second-order valence-electron chi connectivity index (χ2n) is 4.22. The van der Waals surface area contributed by atoms with Crippen LogP contribution in [-0.4, -0.2) is 22.5 Å². The molecule has 0 saturated heterocycles. The van der Waals surface area contributed by atoms with Crippen LogP contribution in [0.5, 0.6) is 0 Å². The maximum atomic E-state index is 11.8. The van der Waals surface area contributed by atoms with Gasteiger partial charge in [0.25, 0.3) is 5.56 Å². The number of H-pyrrole nitrogens is 1. The fraction of sp³-hybridized carbons (Fsp3) is 0.214. The molecule has 0 aliphatic rings. The highest BCUT2D eigenvalue weighted by atomic mass is 35.5. The summed E-state index contributed by atoms with van der Waals surface area (Å²) < 4.78 is 4.82. The molecule has 116 valence electrons. The van der Waals surface area contributed by atoms with Crippen molar-refractivity contribution in [3.63, 3.8) is 0 Å². The molecule has 2 aromatic rings. The predicted molar refractivity (Wildman–Crippen MR) is 86.1 cm³/mol. The van der Waals surface area contributed by atoms with Gasteiger partial charge in [-0.1, -0.05) is 41.0 Å². The smallest absolute Gasteiger partial charge is 0.362 e. The van der Waals surface area contributed by atoms with E-state index in [1.807, 2.05) is 0 Å². The number of rotatable bonds is 4. The van der Waals surface area contributed by atoms with E-state index < -0.39 is 11.5 Å². The third-order valence-electron chi connectivity index (χ3n) is 2.64. The van der Waals surface area contributed by atoms with Gasteiger partial charge < -0.3 is 9.72 Å². The van der Waals surface area contributed by atoms with Crippen LogP contribution in [0.2, 0.25) is 10.0 Å². The number of aryl methyl sites for hydroxylation is 1. The number of hydrogen-bond acceptors (Lipinski definition) is 5. The number of benzene rings is 1. The highest BCUT2D eigenvalue weighted by molar-refractivity contribution is 7.99. The lowest BCUT2D eigenvalue weighted by molar-refractivity contribution is 0.0516. The molecule has 0 aliphatic carbocycles. The van der Waals surface area contributed by atoms with Gasteiger partial charge in [0.15, 0.2) is 0 Å². The SMILES string of the molecule is CCOC(=O)c1nc(Sc2cccc(Cl)c2Cl)c(C)[nH]c1=O. The molecule has 22 heavy (non-hydrogen) atoms. The van der Waals surface area contributed by atoms with Gasteiger partial charge in [0.05, 0.1) is 16.7 Å². The Bertz CT molecular complexity index is 777. The van der Waals surface area contributed by atoms with Gasteiger partial charge in [-0.15, -0.1) is 0 Å². The number of nitrogens with one attached hydrogen (secondary N) is 1. The molecule has 5 nitrogen and oxygen atoms in total. The second kappa shape index (κ2) is 7.17. The fourth-order valence-corrected chi connectivity index (χ4v) is 2.99. The van der Waals surface area contributed by atoms with Crippen LogP contribution < -0.4 is 5.56 Å². The molecule has 0 atom stereocenters. The van der Waals surface area contributed by atoms with E-state index in [4.69, 9.17) is 27.9 Å². The van der Waals surface area contributed by atoms with E-state index in [0.29, 0.717) is 25.7 Å². The zero-order valence-corrected chi connectivity index (χ0v) is 14.1. The average Bonchev–Trinajstić information content (AvgIpc) is 2.46. The first-order valence-electron chi connectivity index (χ1n) is 6.34. The maximum absolute atomic E-state index is 11.8. The van der Waals surface area contributed by atoms with Crippen LogP contribution >= 0.6 is 35.0 Å². The molecule has 0 aliphatic heterocycles. The molecule has 0 bridgehead atoms. The van der Waals surface area contributed by atoms with Gasteiger partial charge in [-0.3, -0.25) is 4.79 Å². The van der Waals surface area contributed by atoms with Crippen LogP contribution in [0.4, 0.5) is 0 Å². The molecule has 0 fully saturated rings. The second-order valence-corrected chi connectivity index (χ2v) is 6.03. The Hall–Kier alpha value is -1.50. The van der Waals surface area contributed by atoms with Crippen molar-refractivity contribution in [1.29, 1.82) is 0 Å². The van der Waals surface area contributed by atoms with Gasteiger partial charge in [0.2, 0.25) is 5.69 Å². The van der Waals surface area contributed by atoms with E-state index >= 15 is 0 Å². The first kappa shape index (κ1) is 16.9. The highest BCUT2D eigenvalue weighted by Crippen LogP contribution is 2.36. The predicted octanol–water partition coefficient (Wildman–Crippen LogP) is 3.71. The van der Waals surface area contributed by atoms with Crippen molar-refractivity contribution >= 4 is 40.9 Å². The molecule has 0 saturated carbocycles. The molecule has 0 spiro atoms. The summed E-state index contributed by atoms with van der Waals surface area (Å²) in [6.07, 6.45) is 0. The Balaban J connectivity index is 2.43. The van der Waals surface area contributed by atoms with E-state index in [-0.39, 0.29) is 12.3 Å². The Morgan fingerprint density at radius 2 is 2.14 bits per heavy atom. The van der Waals surface area contributed by atoms with Crippen molar-refractivity contribution in [2.24, 2.45) is 0 Å². The Morgan fingerprint density at radius 3 is 2.82 bits per heavy atom. The van der Waals surface area contributed by atoms with Crippen LogP contribution in [0.3, 0.4) is 0 Å². The molecule has 1 aromatic carbocycles. The highest BCUT2D eigenvalue weighted by Gasteiger charge is 2.18. The summed E-state index contributed by atoms with van der Waals surface area (Å²) in [7, 11) is 0. The van der Waals surface area contributed by atoms with Gasteiger partial charge in [-0.25, -0.2) is 9.78 Å². The standard InChI is InChI=1S/C14H12Cl2N2O3S/c1-3-21-14(20)11-12(19)17-7(2)13(18-11)22-9-6-4-5-8(15)10(9)16/h4-6H,3H2,1-2H3,(H,17,19). The van der Waals surface area contributed by atoms with Crippen LogP contribution in [0, 0.1) is 6.92 Å². The number of halogens is 2. The molecule has 1 N–H and O–H groups in total. The molecule has 0 unspecified atom stereocenters. The summed E-state index contributed by atoms with van der Waals surface area (Å²) in [5.74, 6) is -0.761. The quantitative estimate of drug-likeness (QED) is 0.843. The van der Waals surface area contributed by atoms with Gasteiger partial charge in [-0.2, -0.15) is 0 Å². The third-order valence-corrected chi connectivity index (χ3v) is 4.72. The normalized spacial score (nSPS) is 10.5. The number of carbonyl (C=O) groups excluding carboxylic acids is 1. The van der Waals surface area contributed by atoms with Crippen LogP contribution in [0.15, 0.2) is 32.9 Å². The third kappa shape index (κ3) is 3.63. The van der Waals surface area contributed by atoms with Crippen molar-refractivity contribution in [1.82, 2.24) is 9.97 Å². The molecule has 0 amide bonds. The van der Waals surface area contributed by atoms with Crippen molar-refractivity contribution in [3.8, 4) is 0 Å². The molecule has 1 heterocycles. The number of hydrogen-bond donors (Lipinski definition) is 1. The summed E-state index contributed by atoms with van der Waals surface area (Å²) >= 11 is 13.3. The van der Waals surface area contributed by atoms with E-state index in [9.17, 15) is 9.59 Å². The Kier molecular flexibility index (Phi) is 5.50. The van der Waals surface area contributed by atoms with Crippen molar-refractivity contribution < 1.29 is 9.53 Å². The lowest BCUT2D eigenvalue weighted by Gasteiger charge is -2.08. The van der Waals surface area contributed by atoms with Gasteiger partial charge >= 0.3 is 5.97 Å². The van der Waals surface area contributed by atoms with E-state index in [1.165, 1.54) is 11.8 Å². The largest absolute Gasteiger partial charge is 0.461 e. The number of esters is 1. The average molecular weight is 359 g/mol. The van der Waals surface area contributed by atoms with Crippen molar-refractivity contribution in [2.75, 3.05) is 6.61 Å². The van der Waals surface area contributed by atoms with Gasteiger partial charge in [0, 0.05) is 10.6 Å². The minimum Gasteiger partial charge on any atom is -0.461 e. The van der Waals surface area contributed by atoms with E-state index in [0.717, 1.165) is 0 Å². The van der Waals surface area contributed by atoms with E-state index in [1.54, 1.807) is 32.0 Å². The summed E-state index contributed by atoms with van der Waals surface area (Å²) in [6, 6.07) is 5.20. The van der Waals surface area contributed by atoms with Gasteiger partial charge in [0.1, 0.15) is 5.03 Å². The molecule has 0 radical (unpaired) electrons. The first-order chi connectivity index (χ1) is 10.4. The maximum Gasteiger partial charge on any atom is 0.362 e. The van der Waals surface area contributed by atoms with Crippen LogP contribution in [0.1, 0.15) is 23.1 Å². The summed E-state index contributed by atoms with van der Waals surface area (Å²) in [5, 5.41) is 1.26. The van der Waals surface area contributed by atoms with Crippen LogP contribution in [0.25, 0.3) is 0 Å².